The van der Waals surface area contributed by atoms with E-state index < -0.39 is 5.41 Å². The van der Waals surface area contributed by atoms with Gasteiger partial charge in [-0.05, 0) is 43.4 Å². The third-order valence-corrected chi connectivity index (χ3v) is 3.98. The number of ether oxygens (including phenoxy) is 1. The minimum Gasteiger partial charge on any atom is -0.468 e. The minimum absolute atomic E-state index is 0.127. The smallest absolute Gasteiger partial charge is 0.316 e. The number of halogens is 1. The number of esters is 1. The summed E-state index contributed by atoms with van der Waals surface area (Å²) in [5.41, 5.74) is 0.570. The van der Waals surface area contributed by atoms with Gasteiger partial charge in [0.05, 0.1) is 12.5 Å². The number of methoxy groups -OCH3 is 1. The highest BCUT2D eigenvalue weighted by Crippen LogP contribution is 2.48. The van der Waals surface area contributed by atoms with Gasteiger partial charge in [0.15, 0.2) is 0 Å². The summed E-state index contributed by atoms with van der Waals surface area (Å²) in [5, 5.41) is 0. The van der Waals surface area contributed by atoms with Gasteiger partial charge >= 0.3 is 5.97 Å². The van der Waals surface area contributed by atoms with Crippen molar-refractivity contribution in [2.24, 2.45) is 5.92 Å². The predicted molar refractivity (Wildman–Crippen MR) is 66.2 cm³/mol. The van der Waals surface area contributed by atoms with Gasteiger partial charge in [-0.15, -0.1) is 0 Å². The van der Waals surface area contributed by atoms with Gasteiger partial charge < -0.3 is 4.74 Å². The van der Waals surface area contributed by atoms with E-state index in [4.69, 9.17) is 4.74 Å². The van der Waals surface area contributed by atoms with Crippen LogP contribution in [0, 0.1) is 5.92 Å². The first kappa shape index (κ1) is 11.6. The lowest BCUT2D eigenvalue weighted by Gasteiger charge is -2.27. The Morgan fingerprint density at radius 2 is 1.94 bits per heavy atom. The number of benzene rings is 1. The van der Waals surface area contributed by atoms with Gasteiger partial charge in [-0.3, -0.25) is 4.79 Å². The zero-order valence-electron chi connectivity index (χ0n) is 9.50. The molecule has 0 spiro atoms. The maximum absolute atomic E-state index is 12.0. The van der Waals surface area contributed by atoms with E-state index in [1.54, 1.807) is 0 Å². The van der Waals surface area contributed by atoms with Gasteiger partial charge in [0, 0.05) is 4.47 Å². The van der Waals surface area contributed by atoms with Gasteiger partial charge in [0.1, 0.15) is 0 Å². The molecule has 16 heavy (non-hydrogen) atoms. The zero-order valence-corrected chi connectivity index (χ0v) is 11.1. The van der Waals surface area contributed by atoms with Crippen LogP contribution in [0.15, 0.2) is 28.7 Å². The molecule has 1 atom stereocenters. The van der Waals surface area contributed by atoms with Gasteiger partial charge in [-0.25, -0.2) is 0 Å². The molecule has 86 valence electrons. The van der Waals surface area contributed by atoms with Crippen molar-refractivity contribution in [1.29, 1.82) is 0 Å². The molecule has 1 aromatic rings. The van der Waals surface area contributed by atoms with Crippen molar-refractivity contribution < 1.29 is 9.53 Å². The van der Waals surface area contributed by atoms with Gasteiger partial charge in [0.2, 0.25) is 0 Å². The molecule has 2 rings (SSSR count). The molecule has 1 fully saturated rings. The lowest BCUT2D eigenvalue weighted by atomic mass is 9.78. The topological polar surface area (TPSA) is 26.3 Å². The van der Waals surface area contributed by atoms with E-state index in [-0.39, 0.29) is 5.97 Å². The van der Waals surface area contributed by atoms with Crippen molar-refractivity contribution in [3.05, 3.63) is 34.3 Å². The maximum atomic E-state index is 12.0. The number of carbonyl (C=O) groups excluding carboxylic acids is 1. The molecule has 0 N–H and O–H groups in total. The molecule has 1 aromatic carbocycles. The largest absolute Gasteiger partial charge is 0.468 e. The molecule has 1 saturated carbocycles. The summed E-state index contributed by atoms with van der Waals surface area (Å²) in [6, 6.07) is 7.94. The average molecular weight is 283 g/mol. The van der Waals surface area contributed by atoms with Gasteiger partial charge in [-0.1, -0.05) is 28.1 Å². The molecule has 1 unspecified atom stereocenters. The van der Waals surface area contributed by atoms with Crippen LogP contribution in [0.5, 0.6) is 0 Å². The van der Waals surface area contributed by atoms with Crippen molar-refractivity contribution in [2.45, 2.75) is 25.2 Å². The van der Waals surface area contributed by atoms with Crippen LogP contribution in [0.3, 0.4) is 0 Å². The minimum atomic E-state index is -0.477. The van der Waals surface area contributed by atoms with E-state index in [1.807, 2.05) is 31.2 Å². The average Bonchev–Trinajstić information content (AvgIpc) is 3.12. The third-order valence-electron chi connectivity index (χ3n) is 3.45. The van der Waals surface area contributed by atoms with E-state index in [9.17, 15) is 4.79 Å². The highest BCUT2D eigenvalue weighted by molar-refractivity contribution is 9.10. The summed E-state index contributed by atoms with van der Waals surface area (Å²) in [7, 11) is 1.46. The summed E-state index contributed by atoms with van der Waals surface area (Å²) < 4.78 is 5.98. The maximum Gasteiger partial charge on any atom is 0.316 e. The number of hydrogen-bond acceptors (Lipinski definition) is 2. The number of carbonyl (C=O) groups is 1. The number of rotatable bonds is 3. The van der Waals surface area contributed by atoms with Crippen LogP contribution in [0.2, 0.25) is 0 Å². The lowest BCUT2D eigenvalue weighted by Crippen LogP contribution is -2.36. The highest BCUT2D eigenvalue weighted by atomic mass is 79.9. The Morgan fingerprint density at radius 1 is 1.38 bits per heavy atom. The molecule has 0 heterocycles. The predicted octanol–water partition coefficient (Wildman–Crippen LogP) is 3.29. The summed E-state index contributed by atoms with van der Waals surface area (Å²) in [6.07, 6.45) is 2.23. The molecular formula is C13H15BrO2. The first-order valence-electron chi connectivity index (χ1n) is 5.43. The number of hydrogen-bond donors (Lipinski definition) is 0. The van der Waals surface area contributed by atoms with Crippen molar-refractivity contribution in [3.8, 4) is 0 Å². The van der Waals surface area contributed by atoms with Gasteiger partial charge in [-0.2, -0.15) is 0 Å². The molecule has 0 aromatic heterocycles. The van der Waals surface area contributed by atoms with Crippen molar-refractivity contribution in [1.82, 2.24) is 0 Å². The quantitative estimate of drug-likeness (QED) is 0.796. The SMILES string of the molecule is COC(=O)C(C)(c1ccc(Br)cc1)C1CC1. The molecule has 3 heteroatoms. The second-order valence-corrected chi connectivity index (χ2v) is 5.39. The van der Waals surface area contributed by atoms with Crippen LogP contribution in [0.4, 0.5) is 0 Å². The Kier molecular flexibility index (Phi) is 3.06. The fourth-order valence-electron chi connectivity index (χ4n) is 2.19. The van der Waals surface area contributed by atoms with Crippen molar-refractivity contribution in [3.63, 3.8) is 0 Å². The molecule has 0 radical (unpaired) electrons. The third kappa shape index (κ3) is 1.88. The normalized spacial score (nSPS) is 18.9. The van der Waals surface area contributed by atoms with Crippen LogP contribution in [-0.4, -0.2) is 13.1 Å². The molecule has 0 aliphatic heterocycles. The lowest BCUT2D eigenvalue weighted by molar-refractivity contribution is -0.147. The molecule has 0 amide bonds. The van der Waals surface area contributed by atoms with Crippen molar-refractivity contribution >= 4 is 21.9 Å². The molecule has 1 aliphatic rings. The zero-order chi connectivity index (χ0) is 11.8. The first-order valence-corrected chi connectivity index (χ1v) is 6.23. The summed E-state index contributed by atoms with van der Waals surface area (Å²) in [5.74, 6) is 0.304. The van der Waals surface area contributed by atoms with Gasteiger partial charge in [0.25, 0.3) is 0 Å². The van der Waals surface area contributed by atoms with Crippen LogP contribution in [0.1, 0.15) is 25.3 Å². The fourth-order valence-corrected chi connectivity index (χ4v) is 2.45. The summed E-state index contributed by atoms with van der Waals surface area (Å²) in [6.45, 7) is 1.99. The molecule has 0 saturated heterocycles. The first-order chi connectivity index (χ1) is 7.59. The standard InChI is InChI=1S/C13H15BrO2/c1-13(9-3-4-9,12(15)16-2)10-5-7-11(14)8-6-10/h5-9H,3-4H2,1-2H3. The monoisotopic (exact) mass is 282 g/mol. The Labute approximate surface area is 104 Å². The molecule has 0 bridgehead atoms. The molecular weight excluding hydrogens is 268 g/mol. The van der Waals surface area contributed by atoms with E-state index in [1.165, 1.54) is 7.11 Å². The molecule has 2 nitrogen and oxygen atoms in total. The van der Waals surface area contributed by atoms with E-state index in [0.717, 1.165) is 22.9 Å². The fraction of sp³-hybridized carbons (Fsp3) is 0.462. The Hall–Kier alpha value is -0.830. The highest BCUT2D eigenvalue weighted by Gasteiger charge is 2.49. The van der Waals surface area contributed by atoms with Crippen LogP contribution >= 0.6 is 15.9 Å². The molecule has 1 aliphatic carbocycles. The van der Waals surface area contributed by atoms with Crippen LogP contribution in [0.25, 0.3) is 0 Å². The second kappa shape index (κ2) is 4.21. The van der Waals surface area contributed by atoms with E-state index in [2.05, 4.69) is 15.9 Å². The van der Waals surface area contributed by atoms with E-state index >= 15 is 0 Å². The Bertz CT molecular complexity index is 395. The summed E-state index contributed by atoms with van der Waals surface area (Å²) in [4.78, 5) is 12.0. The Morgan fingerprint density at radius 3 is 2.38 bits per heavy atom. The van der Waals surface area contributed by atoms with Crippen molar-refractivity contribution in [2.75, 3.05) is 7.11 Å². The second-order valence-electron chi connectivity index (χ2n) is 4.48. The van der Waals surface area contributed by atoms with Crippen LogP contribution < -0.4 is 0 Å². The summed E-state index contributed by atoms with van der Waals surface area (Å²) >= 11 is 3.40. The van der Waals surface area contributed by atoms with Crippen LogP contribution in [-0.2, 0) is 14.9 Å². The Balaban J connectivity index is 2.39. The van der Waals surface area contributed by atoms with E-state index in [0.29, 0.717) is 5.92 Å².